The second kappa shape index (κ2) is 8.47. The summed E-state index contributed by atoms with van der Waals surface area (Å²) in [6, 6.07) is 17.4. The first kappa shape index (κ1) is 18.6. The molecule has 27 heavy (non-hydrogen) atoms. The Balaban J connectivity index is 1.76. The minimum Gasteiger partial charge on any atom is -0.322 e. The molecular formula is C21H18ClN3O2. The first-order valence-electron chi connectivity index (χ1n) is 8.49. The van der Waals surface area contributed by atoms with Gasteiger partial charge in [-0.3, -0.25) is 14.6 Å². The lowest BCUT2D eigenvalue weighted by molar-refractivity contribution is 0.102. The van der Waals surface area contributed by atoms with Crippen molar-refractivity contribution in [3.63, 3.8) is 0 Å². The number of nitrogens with one attached hydrogen (secondary N) is 2. The maximum Gasteiger partial charge on any atom is 0.274 e. The molecule has 0 aliphatic carbocycles. The van der Waals surface area contributed by atoms with E-state index in [4.69, 9.17) is 11.6 Å². The first-order chi connectivity index (χ1) is 13.1. The molecule has 0 atom stereocenters. The van der Waals surface area contributed by atoms with Crippen LogP contribution in [0.15, 0.2) is 66.9 Å². The SMILES string of the molecule is CCc1ccccc1NC(=O)c1cc(C(=O)Nc2cccc(Cl)c2)ccn1. The molecule has 0 unspecified atom stereocenters. The number of halogens is 1. The molecule has 3 aromatic rings. The molecule has 5 nitrogen and oxygen atoms in total. The van der Waals surface area contributed by atoms with Crippen LogP contribution >= 0.6 is 11.6 Å². The highest BCUT2D eigenvalue weighted by Gasteiger charge is 2.13. The number of pyridine rings is 1. The third-order valence-electron chi connectivity index (χ3n) is 3.98. The van der Waals surface area contributed by atoms with Crippen molar-refractivity contribution in [1.29, 1.82) is 0 Å². The summed E-state index contributed by atoms with van der Waals surface area (Å²) < 4.78 is 0. The predicted octanol–water partition coefficient (Wildman–Crippen LogP) is 4.80. The Morgan fingerprint density at radius 1 is 0.963 bits per heavy atom. The second-order valence-electron chi connectivity index (χ2n) is 5.86. The van der Waals surface area contributed by atoms with Gasteiger partial charge in [0.15, 0.2) is 0 Å². The molecule has 3 rings (SSSR count). The highest BCUT2D eigenvalue weighted by atomic mass is 35.5. The van der Waals surface area contributed by atoms with Crippen molar-refractivity contribution < 1.29 is 9.59 Å². The van der Waals surface area contributed by atoms with Crippen molar-refractivity contribution in [2.45, 2.75) is 13.3 Å². The van der Waals surface area contributed by atoms with E-state index in [0.29, 0.717) is 16.3 Å². The van der Waals surface area contributed by atoms with Gasteiger partial charge in [-0.25, -0.2) is 0 Å². The molecule has 0 aliphatic rings. The number of para-hydroxylation sites is 1. The van der Waals surface area contributed by atoms with E-state index in [-0.39, 0.29) is 17.5 Å². The number of amides is 2. The topological polar surface area (TPSA) is 71.1 Å². The summed E-state index contributed by atoms with van der Waals surface area (Å²) in [5.41, 5.74) is 2.84. The number of nitrogens with zero attached hydrogens (tertiary/aromatic N) is 1. The molecule has 136 valence electrons. The number of carbonyl (C=O) groups is 2. The van der Waals surface area contributed by atoms with E-state index >= 15 is 0 Å². The molecule has 6 heteroatoms. The van der Waals surface area contributed by atoms with Gasteiger partial charge < -0.3 is 10.6 Å². The minimum atomic E-state index is -0.367. The lowest BCUT2D eigenvalue weighted by Crippen LogP contribution is -2.17. The van der Waals surface area contributed by atoms with Gasteiger partial charge in [-0.05, 0) is 48.4 Å². The van der Waals surface area contributed by atoms with E-state index in [1.165, 1.54) is 12.3 Å². The van der Waals surface area contributed by atoms with Gasteiger partial charge in [-0.1, -0.05) is 42.8 Å². The molecule has 2 aromatic carbocycles. The fourth-order valence-corrected chi connectivity index (χ4v) is 2.79. The van der Waals surface area contributed by atoms with Gasteiger partial charge in [0, 0.05) is 28.2 Å². The van der Waals surface area contributed by atoms with E-state index in [2.05, 4.69) is 15.6 Å². The number of hydrogen-bond donors (Lipinski definition) is 2. The average molecular weight is 380 g/mol. The Morgan fingerprint density at radius 2 is 1.78 bits per heavy atom. The summed E-state index contributed by atoms with van der Waals surface area (Å²) in [5.74, 6) is -0.712. The molecule has 0 bridgehead atoms. The molecule has 0 fully saturated rings. The molecular weight excluding hydrogens is 362 g/mol. The van der Waals surface area contributed by atoms with Crippen LogP contribution in [0.1, 0.15) is 33.3 Å². The Kier molecular flexibility index (Phi) is 5.84. The summed E-state index contributed by atoms with van der Waals surface area (Å²) in [6.45, 7) is 2.02. The molecule has 0 saturated heterocycles. The lowest BCUT2D eigenvalue weighted by atomic mass is 10.1. The highest BCUT2D eigenvalue weighted by molar-refractivity contribution is 6.31. The molecule has 2 N–H and O–H groups in total. The molecule has 2 amide bonds. The van der Waals surface area contributed by atoms with Crippen LogP contribution in [0.3, 0.4) is 0 Å². The van der Waals surface area contributed by atoms with Crippen LogP contribution in [0.4, 0.5) is 11.4 Å². The van der Waals surface area contributed by atoms with Crippen LogP contribution in [0.25, 0.3) is 0 Å². The first-order valence-corrected chi connectivity index (χ1v) is 8.87. The van der Waals surface area contributed by atoms with Gasteiger partial charge in [-0.15, -0.1) is 0 Å². The van der Waals surface area contributed by atoms with E-state index in [1.54, 1.807) is 30.3 Å². The number of aromatic nitrogens is 1. The maximum atomic E-state index is 12.5. The Bertz CT molecular complexity index is 988. The Labute approximate surface area is 162 Å². The van der Waals surface area contributed by atoms with Crippen LogP contribution in [-0.4, -0.2) is 16.8 Å². The molecule has 0 radical (unpaired) electrons. The standard InChI is InChI=1S/C21H18ClN3O2/c1-2-14-6-3-4-9-18(14)25-21(27)19-12-15(10-11-23-19)20(26)24-17-8-5-7-16(22)13-17/h3-13H,2H2,1H3,(H,24,26)(H,25,27). The fourth-order valence-electron chi connectivity index (χ4n) is 2.60. The van der Waals surface area contributed by atoms with E-state index in [9.17, 15) is 9.59 Å². The molecule has 0 aliphatic heterocycles. The van der Waals surface area contributed by atoms with Crippen LogP contribution in [-0.2, 0) is 6.42 Å². The zero-order valence-electron chi connectivity index (χ0n) is 14.7. The van der Waals surface area contributed by atoms with Crippen molar-refractivity contribution in [3.05, 3.63) is 88.7 Å². The Morgan fingerprint density at radius 3 is 2.56 bits per heavy atom. The minimum absolute atomic E-state index is 0.166. The van der Waals surface area contributed by atoms with Crippen molar-refractivity contribution in [3.8, 4) is 0 Å². The number of aryl methyl sites for hydroxylation is 1. The van der Waals surface area contributed by atoms with Gasteiger partial charge in [-0.2, -0.15) is 0 Å². The normalized spacial score (nSPS) is 10.3. The second-order valence-corrected chi connectivity index (χ2v) is 6.30. The number of benzene rings is 2. The van der Waals surface area contributed by atoms with Crippen molar-refractivity contribution in [2.75, 3.05) is 10.6 Å². The zero-order chi connectivity index (χ0) is 19.2. The van der Waals surface area contributed by atoms with Gasteiger partial charge in [0.2, 0.25) is 0 Å². The molecule has 0 spiro atoms. The third-order valence-corrected chi connectivity index (χ3v) is 4.22. The van der Waals surface area contributed by atoms with E-state index in [0.717, 1.165) is 17.7 Å². The third kappa shape index (κ3) is 4.71. The van der Waals surface area contributed by atoms with Crippen LogP contribution in [0.2, 0.25) is 5.02 Å². The fraction of sp³-hybridized carbons (Fsp3) is 0.0952. The predicted molar refractivity (Wildman–Crippen MR) is 107 cm³/mol. The summed E-state index contributed by atoms with van der Waals surface area (Å²) in [7, 11) is 0. The van der Waals surface area contributed by atoms with Gasteiger partial charge in [0.05, 0.1) is 0 Å². The van der Waals surface area contributed by atoms with Gasteiger partial charge in [0.1, 0.15) is 5.69 Å². The average Bonchev–Trinajstić information content (AvgIpc) is 2.68. The number of rotatable bonds is 5. The van der Waals surface area contributed by atoms with Crippen molar-refractivity contribution >= 4 is 34.8 Å². The number of hydrogen-bond acceptors (Lipinski definition) is 3. The lowest BCUT2D eigenvalue weighted by Gasteiger charge is -2.10. The monoisotopic (exact) mass is 379 g/mol. The molecule has 1 aromatic heterocycles. The summed E-state index contributed by atoms with van der Waals surface area (Å²) >= 11 is 5.93. The Hall–Kier alpha value is -3.18. The smallest absolute Gasteiger partial charge is 0.274 e. The van der Waals surface area contributed by atoms with Crippen molar-refractivity contribution in [1.82, 2.24) is 4.98 Å². The zero-order valence-corrected chi connectivity index (χ0v) is 15.5. The van der Waals surface area contributed by atoms with Crippen LogP contribution in [0.5, 0.6) is 0 Å². The van der Waals surface area contributed by atoms with Gasteiger partial charge in [0.25, 0.3) is 11.8 Å². The van der Waals surface area contributed by atoms with E-state index in [1.807, 2.05) is 31.2 Å². The number of anilines is 2. The van der Waals surface area contributed by atoms with Gasteiger partial charge >= 0.3 is 0 Å². The largest absolute Gasteiger partial charge is 0.322 e. The summed E-state index contributed by atoms with van der Waals surface area (Å²) in [6.07, 6.45) is 2.24. The number of carbonyl (C=O) groups excluding carboxylic acids is 2. The van der Waals surface area contributed by atoms with Crippen LogP contribution < -0.4 is 10.6 Å². The van der Waals surface area contributed by atoms with Crippen LogP contribution in [0, 0.1) is 0 Å². The quantitative estimate of drug-likeness (QED) is 0.668. The maximum absolute atomic E-state index is 12.5. The van der Waals surface area contributed by atoms with Crippen molar-refractivity contribution in [2.24, 2.45) is 0 Å². The molecule has 0 saturated carbocycles. The summed E-state index contributed by atoms with van der Waals surface area (Å²) in [4.78, 5) is 29.1. The summed E-state index contributed by atoms with van der Waals surface area (Å²) in [5, 5.41) is 6.13. The van der Waals surface area contributed by atoms with E-state index < -0.39 is 0 Å². The molecule has 1 heterocycles. The highest BCUT2D eigenvalue weighted by Crippen LogP contribution is 2.18.